The first-order valence-electron chi connectivity index (χ1n) is 9.19. The van der Waals surface area contributed by atoms with E-state index in [0.717, 1.165) is 5.56 Å². The smallest absolute Gasteiger partial charge is 0.319 e. The number of carbonyl (C=O) groups excluding carboxylic acids is 1. The third-order valence-electron chi connectivity index (χ3n) is 4.25. The summed E-state index contributed by atoms with van der Waals surface area (Å²) in [4.78, 5) is 16.0. The van der Waals surface area contributed by atoms with E-state index < -0.39 is 22.2 Å². The molecule has 3 rings (SSSR count). The lowest BCUT2D eigenvalue weighted by Gasteiger charge is -2.14. The average molecular weight is 443 g/mol. The van der Waals surface area contributed by atoms with Crippen molar-refractivity contribution in [3.63, 3.8) is 0 Å². The van der Waals surface area contributed by atoms with Gasteiger partial charge in [0.25, 0.3) is 10.0 Å². The standard InChI is InChI=1S/C21H22N4O4S.CH4/c1-15(26)19-6-2-3-7-20(19)25-30(28,29)18-10-8-17(9-11-18)24-21(27)23-14-16-5-4-12-22-13-16;/h2-13,15,25-26H,14H2,1H3,(H2,23,24,27);1H4/t15-;/m0./s1. The number of amides is 2. The zero-order valence-corrected chi connectivity index (χ0v) is 17.1. The van der Waals surface area contributed by atoms with E-state index in [1.165, 1.54) is 24.3 Å². The minimum absolute atomic E-state index is 0. The molecule has 8 nitrogen and oxygen atoms in total. The Morgan fingerprint density at radius 2 is 1.77 bits per heavy atom. The predicted octanol–water partition coefficient (Wildman–Crippen LogP) is 3.89. The lowest BCUT2D eigenvalue weighted by Crippen LogP contribution is -2.28. The summed E-state index contributed by atoms with van der Waals surface area (Å²) in [6.07, 6.45) is 2.49. The van der Waals surface area contributed by atoms with E-state index in [-0.39, 0.29) is 12.3 Å². The van der Waals surface area contributed by atoms with Crippen LogP contribution in [-0.2, 0) is 16.6 Å². The Kier molecular flexibility index (Phi) is 8.12. The molecule has 0 spiro atoms. The van der Waals surface area contributed by atoms with Crippen molar-refractivity contribution in [2.75, 3.05) is 10.0 Å². The molecule has 3 aromatic rings. The van der Waals surface area contributed by atoms with Crippen LogP contribution in [-0.4, -0.2) is 24.5 Å². The fourth-order valence-electron chi connectivity index (χ4n) is 2.74. The van der Waals surface area contributed by atoms with Crippen LogP contribution in [0.4, 0.5) is 16.2 Å². The number of benzene rings is 2. The number of hydrogen-bond acceptors (Lipinski definition) is 5. The highest BCUT2D eigenvalue weighted by atomic mass is 32.2. The lowest BCUT2D eigenvalue weighted by molar-refractivity contribution is 0.200. The van der Waals surface area contributed by atoms with Crippen molar-refractivity contribution in [3.05, 3.63) is 84.2 Å². The van der Waals surface area contributed by atoms with Crippen LogP contribution in [0, 0.1) is 0 Å². The van der Waals surface area contributed by atoms with Gasteiger partial charge in [0, 0.05) is 30.2 Å². The molecule has 164 valence electrons. The maximum absolute atomic E-state index is 12.7. The van der Waals surface area contributed by atoms with E-state index in [9.17, 15) is 18.3 Å². The molecule has 0 radical (unpaired) electrons. The molecule has 9 heteroatoms. The number of nitrogens with zero attached hydrogens (tertiary/aromatic N) is 1. The molecule has 0 saturated heterocycles. The highest BCUT2D eigenvalue weighted by Crippen LogP contribution is 2.25. The number of aliphatic hydroxyl groups is 1. The van der Waals surface area contributed by atoms with Crippen LogP contribution in [0.3, 0.4) is 0 Å². The van der Waals surface area contributed by atoms with E-state index in [2.05, 4.69) is 20.3 Å². The van der Waals surface area contributed by atoms with Gasteiger partial charge in [-0.3, -0.25) is 9.71 Å². The quantitative estimate of drug-likeness (QED) is 0.442. The molecule has 1 aromatic heterocycles. The number of rotatable bonds is 7. The van der Waals surface area contributed by atoms with Crippen LogP contribution < -0.4 is 15.4 Å². The first kappa shape index (κ1) is 23.8. The van der Waals surface area contributed by atoms with Gasteiger partial charge in [-0.25, -0.2) is 13.2 Å². The highest BCUT2D eigenvalue weighted by molar-refractivity contribution is 7.92. The van der Waals surface area contributed by atoms with Gasteiger partial charge in [-0.05, 0) is 48.9 Å². The van der Waals surface area contributed by atoms with Gasteiger partial charge in [0.15, 0.2) is 0 Å². The fraction of sp³-hybridized carbons (Fsp3) is 0.182. The number of anilines is 2. The molecular weight excluding hydrogens is 416 g/mol. The molecule has 0 aliphatic heterocycles. The molecule has 0 fully saturated rings. The Balaban J connectivity index is 0.00000341. The molecular formula is C22H26N4O4S. The van der Waals surface area contributed by atoms with Crippen LogP contribution in [0.25, 0.3) is 0 Å². The Labute approximate surface area is 182 Å². The normalized spacial score (nSPS) is 11.7. The largest absolute Gasteiger partial charge is 0.389 e. The number of pyridine rings is 1. The van der Waals surface area contributed by atoms with E-state index in [0.29, 0.717) is 23.5 Å². The van der Waals surface area contributed by atoms with Crippen molar-refractivity contribution in [2.24, 2.45) is 0 Å². The molecule has 1 heterocycles. The Morgan fingerprint density at radius 1 is 1.06 bits per heavy atom. The second kappa shape index (κ2) is 10.6. The van der Waals surface area contributed by atoms with Crippen molar-refractivity contribution in [2.45, 2.75) is 31.9 Å². The van der Waals surface area contributed by atoms with Crippen LogP contribution in [0.5, 0.6) is 0 Å². The van der Waals surface area contributed by atoms with Gasteiger partial charge in [-0.2, -0.15) is 0 Å². The minimum Gasteiger partial charge on any atom is -0.389 e. The van der Waals surface area contributed by atoms with Gasteiger partial charge in [0.1, 0.15) is 0 Å². The van der Waals surface area contributed by atoms with Crippen molar-refractivity contribution in [1.29, 1.82) is 0 Å². The van der Waals surface area contributed by atoms with Gasteiger partial charge in [-0.15, -0.1) is 0 Å². The van der Waals surface area contributed by atoms with Crippen molar-refractivity contribution in [3.8, 4) is 0 Å². The summed E-state index contributed by atoms with van der Waals surface area (Å²) >= 11 is 0. The van der Waals surface area contributed by atoms with E-state index in [4.69, 9.17) is 0 Å². The maximum Gasteiger partial charge on any atom is 0.319 e. The first-order valence-corrected chi connectivity index (χ1v) is 10.7. The van der Waals surface area contributed by atoms with E-state index >= 15 is 0 Å². The summed E-state index contributed by atoms with van der Waals surface area (Å²) in [6, 6.07) is 15.6. The maximum atomic E-state index is 12.7. The topological polar surface area (TPSA) is 120 Å². The highest BCUT2D eigenvalue weighted by Gasteiger charge is 2.17. The van der Waals surface area contributed by atoms with Gasteiger partial charge in [0.05, 0.1) is 16.7 Å². The second-order valence-electron chi connectivity index (χ2n) is 6.56. The molecule has 0 bridgehead atoms. The number of aliphatic hydroxyl groups excluding tert-OH is 1. The SMILES string of the molecule is C.C[C@H](O)c1ccccc1NS(=O)(=O)c1ccc(NC(=O)NCc2cccnc2)cc1. The van der Waals surface area contributed by atoms with Gasteiger partial charge in [-0.1, -0.05) is 31.7 Å². The zero-order valence-electron chi connectivity index (χ0n) is 16.2. The number of hydrogen-bond donors (Lipinski definition) is 4. The molecule has 0 aliphatic rings. The molecule has 0 unspecified atom stereocenters. The van der Waals surface area contributed by atoms with Crippen molar-refractivity contribution >= 4 is 27.4 Å². The summed E-state index contributed by atoms with van der Waals surface area (Å²) in [5.74, 6) is 0. The van der Waals surface area contributed by atoms with Gasteiger partial charge < -0.3 is 15.7 Å². The van der Waals surface area contributed by atoms with E-state index in [1.54, 1.807) is 49.6 Å². The molecule has 0 saturated carbocycles. The number of aromatic nitrogens is 1. The first-order chi connectivity index (χ1) is 14.3. The molecule has 2 aromatic carbocycles. The number of sulfonamides is 1. The van der Waals surface area contributed by atoms with Crippen LogP contribution in [0.15, 0.2) is 78.0 Å². The molecule has 4 N–H and O–H groups in total. The monoisotopic (exact) mass is 442 g/mol. The van der Waals surface area contributed by atoms with Crippen LogP contribution in [0.2, 0.25) is 0 Å². The Morgan fingerprint density at radius 3 is 2.42 bits per heavy atom. The average Bonchev–Trinajstić information content (AvgIpc) is 2.73. The van der Waals surface area contributed by atoms with Crippen molar-refractivity contribution < 1.29 is 18.3 Å². The Hall–Kier alpha value is -3.43. The fourth-order valence-corrected chi connectivity index (χ4v) is 3.82. The van der Waals surface area contributed by atoms with Gasteiger partial charge >= 0.3 is 6.03 Å². The third kappa shape index (κ3) is 6.53. The predicted molar refractivity (Wildman–Crippen MR) is 121 cm³/mol. The summed E-state index contributed by atoms with van der Waals surface area (Å²) in [7, 11) is -3.86. The van der Waals surface area contributed by atoms with Crippen molar-refractivity contribution in [1.82, 2.24) is 10.3 Å². The number of carbonyl (C=O) groups is 1. The Bertz CT molecular complexity index is 1100. The molecule has 31 heavy (non-hydrogen) atoms. The summed E-state index contributed by atoms with van der Waals surface area (Å²) < 4.78 is 27.8. The van der Waals surface area contributed by atoms with Crippen LogP contribution >= 0.6 is 0 Å². The van der Waals surface area contributed by atoms with Crippen LogP contribution in [0.1, 0.15) is 31.6 Å². The van der Waals surface area contributed by atoms with E-state index in [1.807, 2.05) is 6.07 Å². The third-order valence-corrected chi connectivity index (χ3v) is 5.63. The zero-order chi connectivity index (χ0) is 21.6. The molecule has 0 aliphatic carbocycles. The summed E-state index contributed by atoms with van der Waals surface area (Å²) in [6.45, 7) is 1.88. The number of para-hydroxylation sites is 1. The minimum atomic E-state index is -3.86. The van der Waals surface area contributed by atoms with Gasteiger partial charge in [0.2, 0.25) is 0 Å². The lowest BCUT2D eigenvalue weighted by atomic mass is 10.1. The second-order valence-corrected chi connectivity index (χ2v) is 8.24. The summed E-state index contributed by atoms with van der Waals surface area (Å²) in [5.41, 5.74) is 2.09. The number of nitrogens with one attached hydrogen (secondary N) is 3. The summed E-state index contributed by atoms with van der Waals surface area (Å²) in [5, 5.41) is 15.2. The number of urea groups is 1. The molecule has 2 amide bonds. The molecule has 1 atom stereocenters.